The van der Waals surface area contributed by atoms with Crippen LogP contribution in [0.4, 0.5) is 5.69 Å². The Balaban J connectivity index is 2.13. The predicted octanol–water partition coefficient (Wildman–Crippen LogP) is 4.98. The van der Waals surface area contributed by atoms with Gasteiger partial charge in [-0.2, -0.15) is 9.78 Å². The molecule has 32 heavy (non-hydrogen) atoms. The first-order chi connectivity index (χ1) is 15.2. The van der Waals surface area contributed by atoms with Crippen molar-refractivity contribution in [3.05, 3.63) is 71.1 Å². The van der Waals surface area contributed by atoms with E-state index in [1.54, 1.807) is 12.1 Å². The van der Waals surface area contributed by atoms with E-state index >= 15 is 0 Å². The smallest absolute Gasteiger partial charge is 0.313 e. The first-order valence-electron chi connectivity index (χ1n) is 9.63. The molecule has 0 amide bonds. The van der Waals surface area contributed by atoms with Crippen LogP contribution in [-0.4, -0.2) is 26.8 Å². The molecule has 0 N–H and O–H groups in total. The highest BCUT2D eigenvalue weighted by Gasteiger charge is 2.21. The number of aryl methyl sites for hydroxylation is 1. The highest BCUT2D eigenvalue weighted by molar-refractivity contribution is 9.10. The van der Waals surface area contributed by atoms with Crippen molar-refractivity contribution in [2.24, 2.45) is 5.10 Å². The molecule has 9 nitrogen and oxygen atoms in total. The molecule has 0 radical (unpaired) electrons. The zero-order valence-corrected chi connectivity index (χ0v) is 20.3. The molecule has 2 aromatic carbocycles. The number of carbonyl (C=O) groups is 1. The number of esters is 1. The molecule has 166 valence electrons. The largest absolute Gasteiger partial charge is 0.418 e. The summed E-state index contributed by atoms with van der Waals surface area (Å²) in [5.41, 5.74) is 0.154. The second-order valence-corrected chi connectivity index (χ2v) is 8.63. The molecule has 0 atom stereocenters. The van der Waals surface area contributed by atoms with E-state index in [9.17, 15) is 19.7 Å². The highest BCUT2D eigenvalue weighted by atomic mass is 79.9. The molecular formula is C21H18Br2N4O5. The summed E-state index contributed by atoms with van der Waals surface area (Å²) >= 11 is 6.56. The summed E-state index contributed by atoms with van der Waals surface area (Å²) in [6, 6.07) is 7.98. The first-order valence-corrected chi connectivity index (χ1v) is 11.2. The number of halogens is 2. The third kappa shape index (κ3) is 5.28. The van der Waals surface area contributed by atoms with E-state index in [0.29, 0.717) is 28.7 Å². The van der Waals surface area contributed by atoms with Crippen molar-refractivity contribution in [2.75, 3.05) is 0 Å². The number of nitro groups is 1. The Morgan fingerprint density at radius 1 is 1.31 bits per heavy atom. The molecule has 0 aliphatic rings. The van der Waals surface area contributed by atoms with E-state index in [1.807, 2.05) is 13.0 Å². The number of rotatable bonds is 7. The Labute approximate surface area is 199 Å². The summed E-state index contributed by atoms with van der Waals surface area (Å²) in [5.74, 6) is -0.388. The Kier molecular flexibility index (Phi) is 7.52. The van der Waals surface area contributed by atoms with Gasteiger partial charge in [-0.1, -0.05) is 29.3 Å². The Morgan fingerprint density at radius 3 is 2.72 bits per heavy atom. The van der Waals surface area contributed by atoms with Gasteiger partial charge in [0.2, 0.25) is 5.75 Å². The maximum absolute atomic E-state index is 13.1. The number of unbranched alkanes of at least 4 members (excludes halogenated alkanes) is 1. The minimum absolute atomic E-state index is 0.197. The average Bonchev–Trinajstić information content (AvgIpc) is 2.73. The van der Waals surface area contributed by atoms with Gasteiger partial charge in [0.25, 0.3) is 5.56 Å². The lowest BCUT2D eigenvalue weighted by Gasteiger charge is -2.09. The van der Waals surface area contributed by atoms with Crippen molar-refractivity contribution in [1.29, 1.82) is 0 Å². The zero-order valence-electron chi connectivity index (χ0n) is 17.2. The molecule has 0 saturated heterocycles. The van der Waals surface area contributed by atoms with Crippen LogP contribution in [0.3, 0.4) is 0 Å². The summed E-state index contributed by atoms with van der Waals surface area (Å²) in [7, 11) is 0. The Hall–Kier alpha value is -2.92. The van der Waals surface area contributed by atoms with Crippen molar-refractivity contribution in [1.82, 2.24) is 9.66 Å². The minimum atomic E-state index is -0.685. The van der Waals surface area contributed by atoms with Gasteiger partial charge in [-0.3, -0.25) is 19.7 Å². The summed E-state index contributed by atoms with van der Waals surface area (Å²) in [4.78, 5) is 39.8. The van der Waals surface area contributed by atoms with Gasteiger partial charge < -0.3 is 4.74 Å². The predicted molar refractivity (Wildman–Crippen MR) is 127 cm³/mol. The number of nitro benzene ring substituents is 1. The summed E-state index contributed by atoms with van der Waals surface area (Å²) in [6.07, 6.45) is 3.61. The van der Waals surface area contributed by atoms with Crippen molar-refractivity contribution in [3.8, 4) is 5.75 Å². The number of hydrogen-bond donors (Lipinski definition) is 0. The van der Waals surface area contributed by atoms with Crippen LogP contribution in [0.5, 0.6) is 5.75 Å². The van der Waals surface area contributed by atoms with E-state index in [1.165, 1.54) is 23.0 Å². The maximum Gasteiger partial charge on any atom is 0.313 e. The van der Waals surface area contributed by atoms with Crippen molar-refractivity contribution < 1.29 is 14.5 Å². The van der Waals surface area contributed by atoms with Gasteiger partial charge in [0.05, 0.1) is 26.5 Å². The quantitative estimate of drug-likeness (QED) is 0.131. The fraction of sp³-hybridized carbons (Fsp3) is 0.238. The van der Waals surface area contributed by atoms with Crippen LogP contribution >= 0.6 is 31.9 Å². The normalized spacial score (nSPS) is 11.2. The van der Waals surface area contributed by atoms with Crippen LogP contribution in [0.2, 0.25) is 0 Å². The van der Waals surface area contributed by atoms with Gasteiger partial charge >= 0.3 is 11.7 Å². The lowest BCUT2D eigenvalue weighted by molar-refractivity contribution is -0.385. The van der Waals surface area contributed by atoms with E-state index in [4.69, 9.17) is 4.74 Å². The molecule has 0 aliphatic heterocycles. The standard InChI is InChI=1S/C21H18Br2N4O5/c1-3-4-5-19-25-17-7-6-14(22)10-15(17)21(29)26(19)24-11-13-8-16(23)20(32-12(2)28)18(9-13)27(30)31/h6-11H,3-5H2,1-2H3. The molecule has 0 saturated carbocycles. The minimum Gasteiger partial charge on any atom is -0.418 e. The number of fused-ring (bicyclic) bond motifs is 1. The molecule has 11 heteroatoms. The lowest BCUT2D eigenvalue weighted by atomic mass is 10.2. The topological polar surface area (TPSA) is 117 Å². The Morgan fingerprint density at radius 2 is 2.06 bits per heavy atom. The molecule has 0 aliphatic carbocycles. The summed E-state index contributed by atoms with van der Waals surface area (Å²) in [5, 5.41) is 16.2. The number of carbonyl (C=O) groups excluding carboxylic acids is 1. The van der Waals surface area contributed by atoms with Crippen LogP contribution in [0.25, 0.3) is 10.9 Å². The number of hydrogen-bond acceptors (Lipinski definition) is 7. The molecule has 1 heterocycles. The fourth-order valence-electron chi connectivity index (χ4n) is 2.99. The van der Waals surface area contributed by atoms with Gasteiger partial charge in [0.15, 0.2) is 0 Å². The molecule has 0 spiro atoms. The molecule has 3 rings (SSSR count). The van der Waals surface area contributed by atoms with Crippen molar-refractivity contribution in [2.45, 2.75) is 33.1 Å². The zero-order chi connectivity index (χ0) is 23.4. The molecule has 1 aromatic heterocycles. The monoisotopic (exact) mass is 564 g/mol. The lowest BCUT2D eigenvalue weighted by Crippen LogP contribution is -2.22. The SMILES string of the molecule is CCCCc1nc2ccc(Br)cc2c(=O)n1N=Cc1cc(Br)c(OC(C)=O)c([N+](=O)[O-])c1. The third-order valence-electron chi connectivity index (χ3n) is 4.44. The number of ether oxygens (including phenoxy) is 1. The van der Waals surface area contributed by atoms with Crippen molar-refractivity contribution >= 4 is 60.6 Å². The van der Waals surface area contributed by atoms with E-state index in [2.05, 4.69) is 41.9 Å². The molecular weight excluding hydrogens is 548 g/mol. The maximum atomic E-state index is 13.1. The summed E-state index contributed by atoms with van der Waals surface area (Å²) < 4.78 is 7.12. The van der Waals surface area contributed by atoms with E-state index in [0.717, 1.165) is 24.2 Å². The second kappa shape index (κ2) is 10.1. The molecule has 0 bridgehead atoms. The van der Waals surface area contributed by atoms with Crippen LogP contribution in [-0.2, 0) is 11.2 Å². The van der Waals surface area contributed by atoms with Crippen LogP contribution in [0, 0.1) is 10.1 Å². The number of nitrogens with zero attached hydrogens (tertiary/aromatic N) is 4. The van der Waals surface area contributed by atoms with Crippen LogP contribution < -0.4 is 10.3 Å². The molecule has 3 aromatic rings. The molecule has 0 unspecified atom stereocenters. The highest BCUT2D eigenvalue weighted by Crippen LogP contribution is 2.36. The van der Waals surface area contributed by atoms with Gasteiger partial charge in [-0.15, -0.1) is 0 Å². The van der Waals surface area contributed by atoms with E-state index < -0.39 is 16.6 Å². The summed E-state index contributed by atoms with van der Waals surface area (Å²) in [6.45, 7) is 3.19. The van der Waals surface area contributed by atoms with Gasteiger partial charge in [-0.25, -0.2) is 4.98 Å². The average molecular weight is 566 g/mol. The third-order valence-corrected chi connectivity index (χ3v) is 5.52. The van der Waals surface area contributed by atoms with Gasteiger partial charge in [0, 0.05) is 29.4 Å². The van der Waals surface area contributed by atoms with E-state index in [-0.39, 0.29) is 15.8 Å². The van der Waals surface area contributed by atoms with Crippen LogP contribution in [0.1, 0.15) is 38.1 Å². The number of benzene rings is 2. The van der Waals surface area contributed by atoms with Crippen LogP contribution in [0.15, 0.2) is 49.2 Å². The molecule has 0 fully saturated rings. The second-order valence-electron chi connectivity index (χ2n) is 6.86. The number of aromatic nitrogens is 2. The van der Waals surface area contributed by atoms with Gasteiger partial charge in [0.1, 0.15) is 5.82 Å². The van der Waals surface area contributed by atoms with Crippen molar-refractivity contribution in [3.63, 3.8) is 0 Å². The fourth-order valence-corrected chi connectivity index (χ4v) is 3.90. The first kappa shape index (κ1) is 23.7. The Bertz CT molecular complexity index is 1300. The van der Waals surface area contributed by atoms with Gasteiger partial charge in [-0.05, 0) is 46.6 Å².